The molecule has 0 saturated heterocycles. The molecule has 0 radical (unpaired) electrons. The van der Waals surface area contributed by atoms with Crippen molar-refractivity contribution in [3.63, 3.8) is 0 Å². The van der Waals surface area contributed by atoms with Crippen LogP contribution in [0.2, 0.25) is 0 Å². The van der Waals surface area contributed by atoms with E-state index in [2.05, 4.69) is 29.1 Å². The molecule has 1 aromatic carbocycles. The first-order chi connectivity index (χ1) is 10.7. The van der Waals surface area contributed by atoms with Gasteiger partial charge in [0.1, 0.15) is 0 Å². The molecule has 5 heteroatoms. The predicted octanol–water partition coefficient (Wildman–Crippen LogP) is 4.47. The maximum absolute atomic E-state index is 12.6. The minimum absolute atomic E-state index is 0.0313. The van der Waals surface area contributed by atoms with Gasteiger partial charge in [0, 0.05) is 6.54 Å². The number of para-hydroxylation sites is 1. The summed E-state index contributed by atoms with van der Waals surface area (Å²) in [6.07, 6.45) is 3.99. The Morgan fingerprint density at radius 3 is 2.73 bits per heavy atom. The lowest BCUT2D eigenvalue weighted by molar-refractivity contribution is 0.592. The lowest BCUT2D eigenvalue weighted by atomic mass is 10.2. The largest absolute Gasteiger partial charge is 0.275 e. The van der Waals surface area contributed by atoms with Gasteiger partial charge in [-0.05, 0) is 31.9 Å². The molecule has 0 spiro atoms. The Bertz CT molecular complexity index is 705. The van der Waals surface area contributed by atoms with Crippen LogP contribution in [-0.2, 0) is 6.54 Å². The molecule has 0 aliphatic rings. The molecular formula is C17H24N4O. The van der Waals surface area contributed by atoms with Gasteiger partial charge in [-0.1, -0.05) is 38.8 Å². The molecule has 0 bridgehead atoms. The minimum atomic E-state index is -0.0313. The zero-order chi connectivity index (χ0) is 15.9. The molecule has 0 aliphatic carbocycles. The maximum atomic E-state index is 12.6. The Labute approximate surface area is 131 Å². The van der Waals surface area contributed by atoms with Crippen molar-refractivity contribution in [2.24, 2.45) is 10.2 Å². The van der Waals surface area contributed by atoms with Crippen LogP contribution < -0.4 is 5.56 Å². The smallest absolute Gasteiger partial charge is 0.262 e. The van der Waals surface area contributed by atoms with Crippen molar-refractivity contribution in [3.05, 3.63) is 34.6 Å². The molecular weight excluding hydrogens is 276 g/mol. The summed E-state index contributed by atoms with van der Waals surface area (Å²) in [5.41, 5.74) is 0.647. The second-order valence-electron chi connectivity index (χ2n) is 5.59. The van der Waals surface area contributed by atoms with Crippen molar-refractivity contribution in [3.8, 4) is 0 Å². The predicted molar refractivity (Wildman–Crippen MR) is 89.8 cm³/mol. The summed E-state index contributed by atoms with van der Waals surface area (Å²) < 4.78 is 1.65. The van der Waals surface area contributed by atoms with Crippen molar-refractivity contribution in [2.45, 2.75) is 59.0 Å². The first-order valence-electron chi connectivity index (χ1n) is 8.07. The Kier molecular flexibility index (Phi) is 5.81. The lowest BCUT2D eigenvalue weighted by Gasteiger charge is -2.10. The van der Waals surface area contributed by atoms with Crippen LogP contribution in [-0.4, -0.2) is 15.6 Å². The van der Waals surface area contributed by atoms with E-state index in [1.165, 1.54) is 0 Å². The highest BCUT2D eigenvalue weighted by Gasteiger charge is 2.10. The quantitative estimate of drug-likeness (QED) is 0.708. The molecule has 118 valence electrons. The van der Waals surface area contributed by atoms with Crippen molar-refractivity contribution in [1.29, 1.82) is 0 Å². The number of hydrogen-bond donors (Lipinski definition) is 0. The van der Waals surface area contributed by atoms with E-state index >= 15 is 0 Å². The maximum Gasteiger partial charge on any atom is 0.262 e. The molecule has 2 aromatic rings. The minimum Gasteiger partial charge on any atom is -0.275 e. The topological polar surface area (TPSA) is 59.6 Å². The molecule has 0 amide bonds. The van der Waals surface area contributed by atoms with Crippen molar-refractivity contribution >= 4 is 16.9 Å². The number of benzene rings is 1. The third-order valence-electron chi connectivity index (χ3n) is 3.63. The Hall–Kier alpha value is -2.04. The Morgan fingerprint density at radius 1 is 1.23 bits per heavy atom. The number of azo groups is 1. The zero-order valence-electron chi connectivity index (χ0n) is 13.6. The zero-order valence-corrected chi connectivity index (χ0v) is 13.6. The van der Waals surface area contributed by atoms with Gasteiger partial charge in [-0.15, -0.1) is 5.11 Å². The Morgan fingerprint density at radius 2 is 2.00 bits per heavy atom. The summed E-state index contributed by atoms with van der Waals surface area (Å²) in [6.45, 7) is 6.88. The normalized spacial score (nSPS) is 13.0. The van der Waals surface area contributed by atoms with Gasteiger partial charge in [0.05, 0.1) is 16.9 Å². The highest BCUT2D eigenvalue weighted by atomic mass is 16.1. The average Bonchev–Trinajstić information content (AvgIpc) is 2.52. The van der Waals surface area contributed by atoms with Crippen LogP contribution in [0.5, 0.6) is 0 Å². The van der Waals surface area contributed by atoms with E-state index in [1.807, 2.05) is 31.2 Å². The highest BCUT2D eigenvalue weighted by molar-refractivity contribution is 5.78. The highest BCUT2D eigenvalue weighted by Crippen LogP contribution is 2.16. The van der Waals surface area contributed by atoms with E-state index < -0.39 is 0 Å². The summed E-state index contributed by atoms with van der Waals surface area (Å²) in [6, 6.07) is 7.54. The summed E-state index contributed by atoms with van der Waals surface area (Å²) in [7, 11) is 0. The van der Waals surface area contributed by atoms with Crippen LogP contribution in [0.3, 0.4) is 0 Å². The summed E-state index contributed by atoms with van der Waals surface area (Å²) in [5, 5.41) is 9.21. The number of unbranched alkanes of at least 4 members (excludes halogenated alkanes) is 1. The lowest BCUT2D eigenvalue weighted by Crippen LogP contribution is -2.21. The van der Waals surface area contributed by atoms with Gasteiger partial charge in [0.15, 0.2) is 0 Å². The molecule has 0 aliphatic heterocycles. The number of aromatic nitrogens is 2. The molecule has 1 heterocycles. The SMILES string of the molecule is CCCCn1c(N=NC(C)CCC)nc2ccccc2c1=O. The number of hydrogen-bond acceptors (Lipinski definition) is 4. The van der Waals surface area contributed by atoms with Crippen LogP contribution in [0.4, 0.5) is 5.95 Å². The van der Waals surface area contributed by atoms with Crippen LogP contribution in [0.15, 0.2) is 39.3 Å². The molecule has 0 saturated carbocycles. The molecule has 1 aromatic heterocycles. The van der Waals surface area contributed by atoms with Crippen molar-refractivity contribution in [2.75, 3.05) is 0 Å². The van der Waals surface area contributed by atoms with Gasteiger partial charge in [-0.3, -0.25) is 9.36 Å². The fourth-order valence-electron chi connectivity index (χ4n) is 2.38. The first-order valence-corrected chi connectivity index (χ1v) is 8.07. The molecule has 0 N–H and O–H groups in total. The number of nitrogens with zero attached hydrogens (tertiary/aromatic N) is 4. The molecule has 22 heavy (non-hydrogen) atoms. The van der Waals surface area contributed by atoms with Gasteiger partial charge in [0.25, 0.3) is 11.5 Å². The van der Waals surface area contributed by atoms with Gasteiger partial charge in [-0.25, -0.2) is 4.98 Å². The first kappa shape index (κ1) is 16.3. The van der Waals surface area contributed by atoms with Gasteiger partial charge >= 0.3 is 0 Å². The molecule has 1 atom stereocenters. The second kappa shape index (κ2) is 7.82. The van der Waals surface area contributed by atoms with Crippen molar-refractivity contribution in [1.82, 2.24) is 9.55 Å². The summed E-state index contributed by atoms with van der Waals surface area (Å²) in [4.78, 5) is 17.2. The molecule has 2 rings (SSSR count). The Balaban J connectivity index is 2.47. The van der Waals surface area contributed by atoms with Crippen LogP contribution in [0.1, 0.15) is 46.5 Å². The molecule has 1 unspecified atom stereocenters. The summed E-state index contributed by atoms with van der Waals surface area (Å²) >= 11 is 0. The third-order valence-corrected chi connectivity index (χ3v) is 3.63. The van der Waals surface area contributed by atoms with E-state index in [4.69, 9.17) is 0 Å². The number of fused-ring (bicyclic) bond motifs is 1. The summed E-state index contributed by atoms with van der Waals surface area (Å²) in [5.74, 6) is 0.417. The van der Waals surface area contributed by atoms with Crippen LogP contribution in [0, 0.1) is 0 Å². The van der Waals surface area contributed by atoms with Gasteiger partial charge < -0.3 is 0 Å². The third kappa shape index (κ3) is 3.78. The molecule has 0 fully saturated rings. The van der Waals surface area contributed by atoms with Gasteiger partial charge in [-0.2, -0.15) is 5.11 Å². The number of rotatable bonds is 7. The van der Waals surface area contributed by atoms with E-state index in [0.717, 1.165) is 25.7 Å². The van der Waals surface area contributed by atoms with E-state index in [-0.39, 0.29) is 11.6 Å². The van der Waals surface area contributed by atoms with E-state index in [9.17, 15) is 4.79 Å². The van der Waals surface area contributed by atoms with Gasteiger partial charge in [0.2, 0.25) is 0 Å². The standard InChI is InChI=1S/C17H24N4O/c1-4-6-12-21-16(22)14-10-7-8-11-15(14)18-17(21)20-19-13(3)9-5-2/h7-8,10-11,13H,4-6,9,12H2,1-3H3. The van der Waals surface area contributed by atoms with E-state index in [0.29, 0.717) is 23.4 Å². The molecule has 5 nitrogen and oxygen atoms in total. The average molecular weight is 300 g/mol. The second-order valence-corrected chi connectivity index (χ2v) is 5.59. The fraction of sp³-hybridized carbons (Fsp3) is 0.529. The van der Waals surface area contributed by atoms with Crippen LogP contribution in [0.25, 0.3) is 10.9 Å². The van der Waals surface area contributed by atoms with Crippen LogP contribution >= 0.6 is 0 Å². The van der Waals surface area contributed by atoms with E-state index in [1.54, 1.807) is 4.57 Å². The monoisotopic (exact) mass is 300 g/mol. The van der Waals surface area contributed by atoms with Crippen molar-refractivity contribution < 1.29 is 0 Å². The fourth-order valence-corrected chi connectivity index (χ4v) is 2.38.